The van der Waals surface area contributed by atoms with Gasteiger partial charge in [-0.25, -0.2) is 4.57 Å². The molecule has 0 fully saturated rings. The molecule has 3 N–H and O–H groups in total. The third kappa shape index (κ3) is 58.6. The summed E-state index contributed by atoms with van der Waals surface area (Å²) in [5, 5.41) is 0. The minimum atomic E-state index is -4.39. The highest BCUT2D eigenvalue weighted by atomic mass is 31.2. The van der Waals surface area contributed by atoms with Crippen LogP contribution >= 0.6 is 7.82 Å². The van der Waals surface area contributed by atoms with Crippen LogP contribution in [0, 0.1) is 0 Å². The summed E-state index contributed by atoms with van der Waals surface area (Å²) in [5.74, 6) is -0.822. The SMILES string of the molecule is CC/C=C\C/C=C\C/C=C\C/C=C\CCCCCCCCCCCCCCC(=O)OC(COC(=O)CCCCCCCCCCCCCCCCC/C=C\C/C=C\CCCCCCC)COP(=O)(O)OCCN. The predicted molar refractivity (Wildman–Crippen MR) is 312 cm³/mol. The number of hydrogen-bond donors (Lipinski definition) is 2. The summed E-state index contributed by atoms with van der Waals surface area (Å²) >= 11 is 0. The number of rotatable bonds is 57. The lowest BCUT2D eigenvalue weighted by Crippen LogP contribution is -2.29. The molecule has 0 aliphatic rings. The van der Waals surface area contributed by atoms with Gasteiger partial charge in [0, 0.05) is 19.4 Å². The molecular weight excluding hydrogens is 930 g/mol. The Labute approximate surface area is 450 Å². The fourth-order valence-corrected chi connectivity index (χ4v) is 9.37. The van der Waals surface area contributed by atoms with Gasteiger partial charge in [0.2, 0.25) is 0 Å². The monoisotopic (exact) mass is 1040 g/mol. The lowest BCUT2D eigenvalue weighted by Gasteiger charge is -2.19. The average molecular weight is 1040 g/mol. The molecule has 0 aromatic rings. The highest BCUT2D eigenvalue weighted by Gasteiger charge is 2.26. The largest absolute Gasteiger partial charge is 0.472 e. The van der Waals surface area contributed by atoms with Gasteiger partial charge in [-0.15, -0.1) is 0 Å². The molecule has 0 aliphatic carbocycles. The van der Waals surface area contributed by atoms with Gasteiger partial charge in [-0.05, 0) is 83.5 Å². The van der Waals surface area contributed by atoms with Gasteiger partial charge in [0.05, 0.1) is 13.2 Å². The van der Waals surface area contributed by atoms with Crippen molar-refractivity contribution in [1.82, 2.24) is 0 Å². The first kappa shape index (κ1) is 70.5. The van der Waals surface area contributed by atoms with E-state index in [2.05, 4.69) is 86.8 Å². The molecule has 10 heteroatoms. The number of ether oxygens (including phenoxy) is 2. The Morgan fingerprint density at radius 3 is 1.12 bits per heavy atom. The van der Waals surface area contributed by atoms with Gasteiger partial charge in [0.15, 0.2) is 6.10 Å². The highest BCUT2D eigenvalue weighted by molar-refractivity contribution is 7.47. The minimum absolute atomic E-state index is 0.0515. The Bertz CT molecular complexity index is 1420. The molecule has 0 rings (SSSR count). The maximum atomic E-state index is 12.7. The van der Waals surface area contributed by atoms with Gasteiger partial charge < -0.3 is 20.1 Å². The maximum Gasteiger partial charge on any atom is 0.472 e. The molecule has 0 heterocycles. The number of esters is 2. The highest BCUT2D eigenvalue weighted by Crippen LogP contribution is 2.43. The van der Waals surface area contributed by atoms with Crippen LogP contribution in [0.2, 0.25) is 0 Å². The number of carbonyl (C=O) groups excluding carboxylic acids is 2. The van der Waals surface area contributed by atoms with Crippen LogP contribution in [-0.2, 0) is 32.7 Å². The third-order valence-corrected chi connectivity index (χ3v) is 14.1. The average Bonchev–Trinajstić information content (AvgIpc) is 3.38. The van der Waals surface area contributed by atoms with Gasteiger partial charge in [0.25, 0.3) is 0 Å². The number of hydrogen-bond acceptors (Lipinski definition) is 8. The molecule has 0 radical (unpaired) electrons. The summed E-state index contributed by atoms with van der Waals surface area (Å²) in [5.41, 5.74) is 5.39. The van der Waals surface area contributed by atoms with Gasteiger partial charge in [-0.2, -0.15) is 0 Å². The first-order valence-electron chi connectivity index (χ1n) is 30.4. The first-order valence-corrected chi connectivity index (χ1v) is 31.9. The molecule has 2 atom stereocenters. The molecule has 0 saturated carbocycles. The zero-order valence-electron chi connectivity index (χ0n) is 47.4. The number of phosphoric acid groups is 1. The quantitative estimate of drug-likeness (QED) is 0.0264. The van der Waals surface area contributed by atoms with Gasteiger partial charge in [-0.3, -0.25) is 18.6 Å². The lowest BCUT2D eigenvalue weighted by atomic mass is 10.0. The first-order chi connectivity index (χ1) is 35.8. The molecular formula is C63H114NO8P. The molecule has 0 spiro atoms. The molecule has 424 valence electrons. The number of unbranched alkanes of at least 4 members (excludes halogenated alkanes) is 32. The van der Waals surface area contributed by atoms with Crippen LogP contribution in [-0.4, -0.2) is 49.3 Å². The van der Waals surface area contributed by atoms with Gasteiger partial charge in [-0.1, -0.05) is 260 Å². The van der Waals surface area contributed by atoms with Crippen LogP contribution in [0.15, 0.2) is 72.9 Å². The van der Waals surface area contributed by atoms with Crippen molar-refractivity contribution in [2.24, 2.45) is 5.73 Å². The van der Waals surface area contributed by atoms with Crippen molar-refractivity contribution in [3.05, 3.63) is 72.9 Å². The van der Waals surface area contributed by atoms with E-state index in [1.807, 2.05) is 0 Å². The van der Waals surface area contributed by atoms with Crippen molar-refractivity contribution in [2.45, 2.75) is 290 Å². The summed E-state index contributed by atoms with van der Waals surface area (Å²) in [6.07, 6.45) is 75.3. The molecule has 9 nitrogen and oxygen atoms in total. The Kier molecular flexibility index (Phi) is 56.7. The van der Waals surface area contributed by atoms with Gasteiger partial charge in [0.1, 0.15) is 6.61 Å². The molecule has 0 aromatic heterocycles. The molecule has 73 heavy (non-hydrogen) atoms. The van der Waals surface area contributed by atoms with E-state index in [0.717, 1.165) is 70.6 Å². The second-order valence-electron chi connectivity index (χ2n) is 20.2. The van der Waals surface area contributed by atoms with E-state index >= 15 is 0 Å². The zero-order chi connectivity index (χ0) is 53.1. The number of carbonyl (C=O) groups is 2. The Hall–Kier alpha value is -2.55. The zero-order valence-corrected chi connectivity index (χ0v) is 48.3. The number of phosphoric ester groups is 1. The molecule has 0 amide bonds. The van der Waals surface area contributed by atoms with Crippen LogP contribution < -0.4 is 5.73 Å². The van der Waals surface area contributed by atoms with E-state index in [0.29, 0.717) is 6.42 Å². The second kappa shape index (κ2) is 58.7. The third-order valence-electron chi connectivity index (χ3n) is 13.1. The topological polar surface area (TPSA) is 134 Å². The van der Waals surface area contributed by atoms with Crippen molar-refractivity contribution in [3.8, 4) is 0 Å². The molecule has 2 unspecified atom stereocenters. The van der Waals surface area contributed by atoms with Gasteiger partial charge >= 0.3 is 19.8 Å². The van der Waals surface area contributed by atoms with E-state index in [4.69, 9.17) is 24.3 Å². The van der Waals surface area contributed by atoms with Crippen LogP contribution in [0.4, 0.5) is 0 Å². The fraction of sp³-hybridized carbons (Fsp3) is 0.778. The Morgan fingerprint density at radius 1 is 0.425 bits per heavy atom. The van der Waals surface area contributed by atoms with Crippen molar-refractivity contribution >= 4 is 19.8 Å². The number of allylic oxidation sites excluding steroid dienone is 12. The summed E-state index contributed by atoms with van der Waals surface area (Å²) in [4.78, 5) is 35.2. The molecule has 0 bridgehead atoms. The molecule has 0 saturated heterocycles. The summed E-state index contributed by atoms with van der Waals surface area (Å²) in [7, 11) is -4.39. The second-order valence-corrected chi connectivity index (χ2v) is 21.6. The van der Waals surface area contributed by atoms with E-state index < -0.39 is 26.5 Å². The lowest BCUT2D eigenvalue weighted by molar-refractivity contribution is -0.161. The number of nitrogens with two attached hydrogens (primary N) is 1. The normalized spacial score (nSPS) is 13.5. The fourth-order valence-electron chi connectivity index (χ4n) is 8.60. The van der Waals surface area contributed by atoms with Crippen LogP contribution in [0.1, 0.15) is 284 Å². The molecule has 0 aliphatic heterocycles. The van der Waals surface area contributed by atoms with E-state index in [1.165, 1.54) is 180 Å². The van der Waals surface area contributed by atoms with E-state index in [1.54, 1.807) is 0 Å². The summed E-state index contributed by atoms with van der Waals surface area (Å²) in [6.45, 7) is 3.65. The van der Waals surface area contributed by atoms with Crippen molar-refractivity contribution < 1.29 is 37.6 Å². The van der Waals surface area contributed by atoms with E-state index in [-0.39, 0.29) is 38.6 Å². The van der Waals surface area contributed by atoms with Crippen molar-refractivity contribution in [1.29, 1.82) is 0 Å². The predicted octanol–water partition coefficient (Wildman–Crippen LogP) is 19.3. The Morgan fingerprint density at radius 2 is 0.753 bits per heavy atom. The van der Waals surface area contributed by atoms with Crippen LogP contribution in [0.25, 0.3) is 0 Å². The smallest absolute Gasteiger partial charge is 0.462 e. The summed E-state index contributed by atoms with van der Waals surface area (Å²) in [6, 6.07) is 0. The Balaban J connectivity index is 3.94. The summed E-state index contributed by atoms with van der Waals surface area (Å²) < 4.78 is 33.1. The maximum absolute atomic E-state index is 12.7. The van der Waals surface area contributed by atoms with E-state index in [9.17, 15) is 19.0 Å². The van der Waals surface area contributed by atoms with Crippen molar-refractivity contribution in [2.75, 3.05) is 26.4 Å². The molecule has 0 aromatic carbocycles. The standard InChI is InChI=1S/C63H114NO8P/c1-3-5-7-9-11-13-15-17-19-21-23-25-27-29-30-32-33-35-37-39-41-43-45-47-49-51-53-55-62(65)69-59-61(60-71-73(67,68)70-58-57-64)72-63(66)56-54-52-50-48-46-44-42-40-38-36-34-31-28-26-24-22-20-18-16-14-12-10-8-6-4-2/h6,8,12,14-15,17-18,20-21,23-24,26,61H,3-5,7,9-11,13,16,19,22,25,27-60,64H2,1-2H3,(H,67,68)/b8-6-,14-12-,17-15-,20-18-,23-21-,26-24-. The van der Waals surface area contributed by atoms with Crippen molar-refractivity contribution in [3.63, 3.8) is 0 Å². The minimum Gasteiger partial charge on any atom is -0.462 e. The van der Waals surface area contributed by atoms with Crippen LogP contribution in [0.5, 0.6) is 0 Å². The van der Waals surface area contributed by atoms with Crippen LogP contribution in [0.3, 0.4) is 0 Å².